The van der Waals surface area contributed by atoms with Gasteiger partial charge in [-0.3, -0.25) is 14.7 Å². The van der Waals surface area contributed by atoms with E-state index in [0.717, 1.165) is 38.2 Å². The lowest BCUT2D eigenvalue weighted by Gasteiger charge is -2.32. The molecule has 1 aromatic rings. The number of pyridine rings is 1. The Morgan fingerprint density at radius 2 is 2.26 bits per heavy atom. The van der Waals surface area contributed by atoms with Crippen LogP contribution in [0.2, 0.25) is 0 Å². The molecule has 0 aliphatic carbocycles. The summed E-state index contributed by atoms with van der Waals surface area (Å²) < 4.78 is 0. The summed E-state index contributed by atoms with van der Waals surface area (Å²) in [5.41, 5.74) is 7.89. The molecule has 1 saturated heterocycles. The summed E-state index contributed by atoms with van der Waals surface area (Å²) in [4.78, 5) is 17.7. The fourth-order valence-electron chi connectivity index (χ4n) is 2.56. The summed E-state index contributed by atoms with van der Waals surface area (Å²) in [7, 11) is 0. The van der Waals surface area contributed by atoms with Gasteiger partial charge in [0.2, 0.25) is 5.91 Å². The third-order valence-corrected chi connectivity index (χ3v) is 3.57. The van der Waals surface area contributed by atoms with Gasteiger partial charge >= 0.3 is 0 Å². The molecule has 5 nitrogen and oxygen atoms in total. The molecule has 0 atom stereocenters. The highest BCUT2D eigenvalue weighted by molar-refractivity contribution is 5.73. The number of hydrogen-bond donors (Lipinski definition) is 2. The largest absolute Gasteiger partial charge is 0.354 e. The van der Waals surface area contributed by atoms with Crippen molar-refractivity contribution in [3.8, 4) is 0 Å². The summed E-state index contributed by atoms with van der Waals surface area (Å²) in [6.45, 7) is 4.97. The molecule has 2 heterocycles. The van der Waals surface area contributed by atoms with Crippen LogP contribution in [-0.2, 0) is 17.9 Å². The Labute approximate surface area is 114 Å². The quantitative estimate of drug-likeness (QED) is 0.835. The number of nitrogens with two attached hydrogens (primary N) is 1. The Morgan fingerprint density at radius 3 is 2.89 bits per heavy atom. The van der Waals surface area contributed by atoms with Crippen molar-refractivity contribution in [3.63, 3.8) is 0 Å². The first-order valence-corrected chi connectivity index (χ1v) is 6.81. The molecule has 19 heavy (non-hydrogen) atoms. The number of carbonyl (C=O) groups excluding carboxylic acids is 1. The van der Waals surface area contributed by atoms with Crippen molar-refractivity contribution in [1.82, 2.24) is 15.2 Å². The van der Waals surface area contributed by atoms with Crippen LogP contribution in [0.5, 0.6) is 0 Å². The number of nitrogens with zero attached hydrogens (tertiary/aromatic N) is 2. The average molecular weight is 262 g/mol. The lowest BCUT2D eigenvalue weighted by atomic mass is 10.0. The van der Waals surface area contributed by atoms with E-state index in [9.17, 15) is 4.79 Å². The van der Waals surface area contributed by atoms with Crippen molar-refractivity contribution < 1.29 is 4.79 Å². The standard InChI is InChI=1S/C14H22N4O/c1-11(19)17-13-4-7-18(8-5-13)10-12-3-2-6-16-14(12)9-15/h2-3,6,13H,4-5,7-10,15H2,1H3,(H,17,19). The molecule has 104 valence electrons. The predicted octanol–water partition coefficient (Wildman–Crippen LogP) is 0.641. The van der Waals surface area contributed by atoms with E-state index in [1.54, 1.807) is 13.1 Å². The third kappa shape index (κ3) is 4.01. The molecule has 2 rings (SSSR count). The molecule has 0 spiro atoms. The maximum atomic E-state index is 11.0. The highest BCUT2D eigenvalue weighted by atomic mass is 16.1. The van der Waals surface area contributed by atoms with Gasteiger partial charge in [-0.25, -0.2) is 0 Å². The van der Waals surface area contributed by atoms with Crippen molar-refractivity contribution in [3.05, 3.63) is 29.6 Å². The molecule has 1 aliphatic heterocycles. The fraction of sp³-hybridized carbons (Fsp3) is 0.571. The minimum Gasteiger partial charge on any atom is -0.354 e. The lowest BCUT2D eigenvalue weighted by molar-refractivity contribution is -0.119. The Bertz CT molecular complexity index is 427. The molecule has 0 radical (unpaired) electrons. The number of likely N-dealkylation sites (tertiary alicyclic amines) is 1. The Kier molecular flexibility index (Phi) is 4.87. The van der Waals surface area contributed by atoms with E-state index in [4.69, 9.17) is 5.73 Å². The van der Waals surface area contributed by atoms with Gasteiger partial charge < -0.3 is 11.1 Å². The summed E-state index contributed by atoms with van der Waals surface area (Å²) in [5.74, 6) is 0.0659. The highest BCUT2D eigenvalue weighted by Gasteiger charge is 2.20. The van der Waals surface area contributed by atoms with Crippen LogP contribution in [0.1, 0.15) is 31.0 Å². The highest BCUT2D eigenvalue weighted by Crippen LogP contribution is 2.15. The minimum atomic E-state index is 0.0659. The molecule has 1 aromatic heterocycles. The molecule has 3 N–H and O–H groups in total. The number of rotatable bonds is 4. The first kappa shape index (κ1) is 14.0. The van der Waals surface area contributed by atoms with Crippen LogP contribution in [0.25, 0.3) is 0 Å². The van der Waals surface area contributed by atoms with Crippen LogP contribution in [0.3, 0.4) is 0 Å². The fourth-order valence-corrected chi connectivity index (χ4v) is 2.56. The molecule has 0 unspecified atom stereocenters. The Hall–Kier alpha value is -1.46. The van der Waals surface area contributed by atoms with E-state index in [-0.39, 0.29) is 5.91 Å². The van der Waals surface area contributed by atoms with Gasteiger partial charge in [-0.05, 0) is 24.5 Å². The van der Waals surface area contributed by atoms with Gasteiger partial charge in [-0.15, -0.1) is 0 Å². The normalized spacial score (nSPS) is 17.4. The summed E-state index contributed by atoms with van der Waals surface area (Å²) >= 11 is 0. The predicted molar refractivity (Wildman–Crippen MR) is 74.2 cm³/mol. The van der Waals surface area contributed by atoms with E-state index in [0.29, 0.717) is 12.6 Å². The van der Waals surface area contributed by atoms with Crippen LogP contribution < -0.4 is 11.1 Å². The summed E-state index contributed by atoms with van der Waals surface area (Å²) in [6.07, 6.45) is 3.81. The average Bonchev–Trinajstić information content (AvgIpc) is 2.41. The van der Waals surface area contributed by atoms with Crippen LogP contribution in [-0.4, -0.2) is 34.9 Å². The number of piperidine rings is 1. The molecule has 5 heteroatoms. The van der Waals surface area contributed by atoms with Crippen LogP contribution in [0.4, 0.5) is 0 Å². The number of nitrogens with one attached hydrogen (secondary N) is 1. The van der Waals surface area contributed by atoms with Gasteiger partial charge in [0.15, 0.2) is 0 Å². The second kappa shape index (κ2) is 6.63. The van der Waals surface area contributed by atoms with E-state index >= 15 is 0 Å². The second-order valence-corrected chi connectivity index (χ2v) is 5.06. The van der Waals surface area contributed by atoms with Crippen LogP contribution in [0.15, 0.2) is 18.3 Å². The van der Waals surface area contributed by atoms with Gasteiger partial charge in [0.05, 0.1) is 5.69 Å². The maximum absolute atomic E-state index is 11.0. The SMILES string of the molecule is CC(=O)NC1CCN(Cc2cccnc2CN)CC1. The van der Waals surface area contributed by atoms with E-state index in [2.05, 4.69) is 21.3 Å². The van der Waals surface area contributed by atoms with Gasteiger partial charge in [0, 0.05) is 45.3 Å². The van der Waals surface area contributed by atoms with Crippen molar-refractivity contribution in [2.75, 3.05) is 13.1 Å². The van der Waals surface area contributed by atoms with Gasteiger partial charge in [-0.2, -0.15) is 0 Å². The number of carbonyl (C=O) groups is 1. The van der Waals surface area contributed by atoms with Crippen molar-refractivity contribution >= 4 is 5.91 Å². The van der Waals surface area contributed by atoms with Crippen molar-refractivity contribution in [2.24, 2.45) is 5.73 Å². The van der Waals surface area contributed by atoms with Crippen molar-refractivity contribution in [2.45, 2.75) is 38.9 Å². The zero-order valence-electron chi connectivity index (χ0n) is 11.4. The van der Waals surface area contributed by atoms with Gasteiger partial charge in [0.25, 0.3) is 0 Å². The smallest absolute Gasteiger partial charge is 0.217 e. The van der Waals surface area contributed by atoms with E-state index < -0.39 is 0 Å². The van der Waals surface area contributed by atoms with E-state index in [1.807, 2.05) is 6.07 Å². The Balaban J connectivity index is 1.87. The minimum absolute atomic E-state index is 0.0659. The zero-order valence-corrected chi connectivity index (χ0v) is 11.4. The van der Waals surface area contributed by atoms with Gasteiger partial charge in [0.1, 0.15) is 0 Å². The second-order valence-electron chi connectivity index (χ2n) is 5.06. The summed E-state index contributed by atoms with van der Waals surface area (Å²) in [6, 6.07) is 4.38. The monoisotopic (exact) mass is 262 g/mol. The summed E-state index contributed by atoms with van der Waals surface area (Å²) in [5, 5.41) is 2.99. The first-order chi connectivity index (χ1) is 9.19. The molecule has 1 aliphatic rings. The molecule has 0 bridgehead atoms. The molecular formula is C14H22N4O. The molecule has 1 amide bonds. The number of aromatic nitrogens is 1. The molecule has 1 fully saturated rings. The van der Waals surface area contributed by atoms with Crippen LogP contribution in [0, 0.1) is 0 Å². The van der Waals surface area contributed by atoms with E-state index in [1.165, 1.54) is 5.56 Å². The third-order valence-electron chi connectivity index (χ3n) is 3.57. The molecule has 0 saturated carbocycles. The molecule has 0 aromatic carbocycles. The first-order valence-electron chi connectivity index (χ1n) is 6.81. The maximum Gasteiger partial charge on any atom is 0.217 e. The number of amides is 1. The molecular weight excluding hydrogens is 240 g/mol. The Morgan fingerprint density at radius 1 is 1.53 bits per heavy atom. The lowest BCUT2D eigenvalue weighted by Crippen LogP contribution is -2.43. The van der Waals surface area contributed by atoms with Gasteiger partial charge in [-0.1, -0.05) is 6.07 Å². The van der Waals surface area contributed by atoms with Crippen LogP contribution >= 0.6 is 0 Å². The zero-order chi connectivity index (χ0) is 13.7. The number of hydrogen-bond acceptors (Lipinski definition) is 4. The topological polar surface area (TPSA) is 71.2 Å². The van der Waals surface area contributed by atoms with Crippen molar-refractivity contribution in [1.29, 1.82) is 0 Å².